The van der Waals surface area contributed by atoms with Crippen molar-refractivity contribution in [1.82, 2.24) is 9.97 Å². The zero-order valence-corrected chi connectivity index (χ0v) is 16.5. The molecule has 0 saturated carbocycles. The lowest BCUT2D eigenvalue weighted by molar-refractivity contribution is -0.137. The molecule has 0 radical (unpaired) electrons. The third-order valence-electron chi connectivity index (χ3n) is 4.03. The van der Waals surface area contributed by atoms with E-state index in [-0.39, 0.29) is 11.8 Å². The lowest BCUT2D eigenvalue weighted by atomic mass is 10.2. The number of anilines is 4. The molecule has 0 aliphatic carbocycles. The molecule has 3 rings (SSSR count). The van der Waals surface area contributed by atoms with Crippen LogP contribution in [0.1, 0.15) is 18.9 Å². The Labute approximate surface area is 172 Å². The average molecular weight is 418 g/mol. The lowest BCUT2D eigenvalue weighted by Crippen LogP contribution is -2.12. The number of nitrogens with zero attached hydrogens (tertiary/aromatic N) is 2. The highest BCUT2D eigenvalue weighted by Crippen LogP contribution is 2.35. The second kappa shape index (κ2) is 9.34. The largest absolute Gasteiger partial charge is 0.497 e. The van der Waals surface area contributed by atoms with Gasteiger partial charge in [-0.2, -0.15) is 18.2 Å². The van der Waals surface area contributed by atoms with Gasteiger partial charge in [0.25, 0.3) is 0 Å². The summed E-state index contributed by atoms with van der Waals surface area (Å²) in [5, 5.41) is 5.61. The van der Waals surface area contributed by atoms with Crippen LogP contribution in [0.2, 0.25) is 0 Å². The van der Waals surface area contributed by atoms with Crippen molar-refractivity contribution in [1.29, 1.82) is 0 Å². The van der Waals surface area contributed by atoms with Crippen molar-refractivity contribution in [3.05, 3.63) is 60.3 Å². The number of alkyl halides is 3. The molecule has 9 heteroatoms. The van der Waals surface area contributed by atoms with Crippen molar-refractivity contribution in [2.24, 2.45) is 0 Å². The molecule has 0 saturated heterocycles. The van der Waals surface area contributed by atoms with Crippen LogP contribution in [-0.4, -0.2) is 23.7 Å². The Balaban J connectivity index is 1.82. The summed E-state index contributed by atoms with van der Waals surface area (Å²) in [7, 11) is 1.51. The Hall–Kier alpha value is -3.49. The average Bonchev–Trinajstić information content (AvgIpc) is 2.73. The van der Waals surface area contributed by atoms with Crippen LogP contribution in [0.15, 0.2) is 54.7 Å². The Morgan fingerprint density at radius 2 is 1.50 bits per heavy atom. The number of ether oxygens (including phenoxy) is 2. The van der Waals surface area contributed by atoms with E-state index in [1.165, 1.54) is 7.11 Å². The van der Waals surface area contributed by atoms with Gasteiger partial charge in [0.05, 0.1) is 13.7 Å². The highest BCUT2D eigenvalue weighted by Gasteiger charge is 2.35. The maximum Gasteiger partial charge on any atom is 0.421 e. The van der Waals surface area contributed by atoms with Gasteiger partial charge < -0.3 is 20.1 Å². The monoisotopic (exact) mass is 418 g/mol. The molecule has 0 spiro atoms. The van der Waals surface area contributed by atoms with Gasteiger partial charge in [-0.1, -0.05) is 6.92 Å². The van der Waals surface area contributed by atoms with Gasteiger partial charge in [0.2, 0.25) is 5.95 Å². The van der Waals surface area contributed by atoms with Crippen LogP contribution in [0.3, 0.4) is 0 Å². The van der Waals surface area contributed by atoms with E-state index in [0.717, 1.165) is 12.6 Å². The number of benzene rings is 2. The minimum absolute atomic E-state index is 0.0289. The van der Waals surface area contributed by atoms with E-state index in [1.807, 2.05) is 6.92 Å². The molecule has 2 aromatic carbocycles. The molecule has 0 aliphatic heterocycles. The molecule has 0 unspecified atom stereocenters. The third kappa shape index (κ3) is 5.53. The predicted octanol–water partition coefficient (Wildman–Crippen LogP) is 5.78. The molecular formula is C21H21F3N4O2. The Kier molecular flexibility index (Phi) is 6.61. The predicted molar refractivity (Wildman–Crippen MR) is 109 cm³/mol. The fraction of sp³-hybridized carbons (Fsp3) is 0.238. The second-order valence-corrected chi connectivity index (χ2v) is 6.30. The van der Waals surface area contributed by atoms with Crippen molar-refractivity contribution >= 4 is 23.1 Å². The van der Waals surface area contributed by atoms with Gasteiger partial charge in [0.1, 0.15) is 22.9 Å². The summed E-state index contributed by atoms with van der Waals surface area (Å²) in [5.74, 6) is 0.972. The van der Waals surface area contributed by atoms with Gasteiger partial charge in [0, 0.05) is 17.6 Å². The highest BCUT2D eigenvalue weighted by atomic mass is 19.4. The van der Waals surface area contributed by atoms with Crippen molar-refractivity contribution < 1.29 is 22.6 Å². The van der Waals surface area contributed by atoms with Gasteiger partial charge in [-0.3, -0.25) is 0 Å². The van der Waals surface area contributed by atoms with E-state index >= 15 is 0 Å². The normalized spacial score (nSPS) is 11.1. The van der Waals surface area contributed by atoms with E-state index in [9.17, 15) is 13.2 Å². The van der Waals surface area contributed by atoms with Crippen LogP contribution in [-0.2, 0) is 6.18 Å². The van der Waals surface area contributed by atoms with Gasteiger partial charge in [-0.05, 0) is 55.0 Å². The number of nitrogens with one attached hydrogen (secondary N) is 2. The quantitative estimate of drug-likeness (QED) is 0.483. The molecule has 0 aliphatic rings. The minimum atomic E-state index is -4.61. The molecule has 1 aromatic heterocycles. The number of hydrogen-bond donors (Lipinski definition) is 2. The summed E-state index contributed by atoms with van der Waals surface area (Å²) in [4.78, 5) is 7.84. The smallest absolute Gasteiger partial charge is 0.421 e. The van der Waals surface area contributed by atoms with Crippen LogP contribution in [0.4, 0.5) is 36.3 Å². The zero-order valence-electron chi connectivity index (χ0n) is 16.5. The van der Waals surface area contributed by atoms with Crippen LogP contribution in [0.5, 0.6) is 11.5 Å². The van der Waals surface area contributed by atoms with Crippen LogP contribution in [0, 0.1) is 0 Å². The highest BCUT2D eigenvalue weighted by molar-refractivity contribution is 5.63. The first-order valence-electron chi connectivity index (χ1n) is 9.24. The summed E-state index contributed by atoms with van der Waals surface area (Å²) < 4.78 is 50.8. The van der Waals surface area contributed by atoms with Gasteiger partial charge >= 0.3 is 6.18 Å². The Morgan fingerprint density at radius 3 is 2.07 bits per heavy atom. The van der Waals surface area contributed by atoms with E-state index in [0.29, 0.717) is 29.5 Å². The summed E-state index contributed by atoms with van der Waals surface area (Å²) in [5.41, 5.74) is 0.0876. The molecule has 3 aromatic rings. The van der Waals surface area contributed by atoms with Gasteiger partial charge in [-0.15, -0.1) is 0 Å². The van der Waals surface area contributed by atoms with Crippen LogP contribution < -0.4 is 20.1 Å². The van der Waals surface area contributed by atoms with E-state index in [2.05, 4.69) is 20.6 Å². The molecule has 1 heterocycles. The summed E-state index contributed by atoms with van der Waals surface area (Å²) in [6, 6.07) is 13.5. The first-order valence-corrected chi connectivity index (χ1v) is 9.24. The molecular weight excluding hydrogens is 397 g/mol. The molecule has 30 heavy (non-hydrogen) atoms. The zero-order chi connectivity index (χ0) is 21.6. The van der Waals surface area contributed by atoms with Crippen LogP contribution in [0.25, 0.3) is 0 Å². The molecule has 0 fully saturated rings. The number of aromatic nitrogens is 2. The van der Waals surface area contributed by atoms with E-state index in [4.69, 9.17) is 9.47 Å². The molecule has 0 bridgehead atoms. The first-order chi connectivity index (χ1) is 14.4. The third-order valence-corrected chi connectivity index (χ3v) is 4.03. The molecule has 6 nitrogen and oxygen atoms in total. The SMILES string of the molecule is CCCOc1ccc(Nc2ncc(C(F)(F)F)c(Nc3ccc(OC)cc3)n2)cc1. The topological polar surface area (TPSA) is 68.3 Å². The first kappa shape index (κ1) is 21.2. The van der Waals surface area contributed by atoms with Crippen molar-refractivity contribution in [3.8, 4) is 11.5 Å². The fourth-order valence-electron chi connectivity index (χ4n) is 2.54. The Bertz CT molecular complexity index is 961. The molecule has 0 amide bonds. The number of hydrogen-bond acceptors (Lipinski definition) is 6. The standard InChI is InChI=1S/C21H21F3N4O2/c1-3-12-30-17-10-6-15(7-11-17)27-20-25-13-18(21(22,23)24)19(28-20)26-14-4-8-16(29-2)9-5-14/h4-11,13H,3,12H2,1-2H3,(H2,25,26,27,28). The van der Waals surface area contributed by atoms with Crippen molar-refractivity contribution in [2.45, 2.75) is 19.5 Å². The minimum Gasteiger partial charge on any atom is -0.497 e. The summed E-state index contributed by atoms with van der Waals surface area (Å²) in [6.07, 6.45) is -2.96. The fourth-order valence-corrected chi connectivity index (χ4v) is 2.54. The maximum absolute atomic E-state index is 13.4. The second-order valence-electron chi connectivity index (χ2n) is 6.30. The molecule has 0 atom stereocenters. The van der Waals surface area contributed by atoms with Crippen molar-refractivity contribution in [2.75, 3.05) is 24.4 Å². The van der Waals surface area contributed by atoms with Crippen LogP contribution >= 0.6 is 0 Å². The number of rotatable bonds is 8. The van der Waals surface area contributed by atoms with Gasteiger partial charge in [0.15, 0.2) is 0 Å². The molecule has 2 N–H and O–H groups in total. The Morgan fingerprint density at radius 1 is 0.900 bits per heavy atom. The number of methoxy groups -OCH3 is 1. The lowest BCUT2D eigenvalue weighted by Gasteiger charge is -2.15. The van der Waals surface area contributed by atoms with E-state index < -0.39 is 11.7 Å². The van der Waals surface area contributed by atoms with E-state index in [1.54, 1.807) is 48.5 Å². The van der Waals surface area contributed by atoms with Crippen molar-refractivity contribution in [3.63, 3.8) is 0 Å². The van der Waals surface area contributed by atoms with Gasteiger partial charge in [-0.25, -0.2) is 4.98 Å². The maximum atomic E-state index is 13.4. The number of halogens is 3. The summed E-state index contributed by atoms with van der Waals surface area (Å²) in [6.45, 7) is 2.62. The summed E-state index contributed by atoms with van der Waals surface area (Å²) >= 11 is 0. The molecule has 158 valence electrons.